The van der Waals surface area contributed by atoms with E-state index in [4.69, 9.17) is 4.74 Å². The molecule has 0 radical (unpaired) electrons. The van der Waals surface area contributed by atoms with Crippen LogP contribution in [0.2, 0.25) is 0 Å². The second kappa shape index (κ2) is 3.87. The summed E-state index contributed by atoms with van der Waals surface area (Å²) in [7, 11) is 1.70. The normalized spacial score (nSPS) is 15.2. The highest BCUT2D eigenvalue weighted by atomic mass is 16.5. The Morgan fingerprint density at radius 1 is 1.50 bits per heavy atom. The molecule has 1 N–H and O–H groups in total. The first-order chi connectivity index (χ1) is 7.59. The molecule has 0 saturated heterocycles. The van der Waals surface area contributed by atoms with Crippen LogP contribution in [-0.4, -0.2) is 22.1 Å². The maximum Gasteiger partial charge on any atom is 0.177 e. The summed E-state index contributed by atoms with van der Waals surface area (Å²) in [6, 6.07) is 2.05. The minimum Gasteiger partial charge on any atom is -0.371 e. The Balaban J connectivity index is 2.54. The Bertz CT molecular complexity index is 500. The summed E-state index contributed by atoms with van der Waals surface area (Å²) >= 11 is 0. The minimum atomic E-state index is -0.366. The van der Waals surface area contributed by atoms with Crippen LogP contribution < -0.4 is 0 Å². The average molecular weight is 219 g/mol. The number of aromatic nitrogens is 3. The van der Waals surface area contributed by atoms with Gasteiger partial charge in [-0.05, 0) is 31.9 Å². The van der Waals surface area contributed by atoms with Crippen LogP contribution in [-0.2, 0) is 10.3 Å². The van der Waals surface area contributed by atoms with Crippen molar-refractivity contribution in [3.8, 4) is 0 Å². The number of nitrogens with zero attached hydrogens (tertiary/aromatic N) is 2. The first-order valence-corrected chi connectivity index (χ1v) is 5.47. The number of pyridine rings is 1. The van der Waals surface area contributed by atoms with E-state index in [9.17, 15) is 0 Å². The van der Waals surface area contributed by atoms with Gasteiger partial charge < -0.3 is 9.72 Å². The number of aryl methyl sites for hydroxylation is 1. The van der Waals surface area contributed by atoms with Gasteiger partial charge in [0.1, 0.15) is 11.4 Å². The van der Waals surface area contributed by atoms with Gasteiger partial charge in [0.2, 0.25) is 0 Å². The Labute approximate surface area is 95.1 Å². The molecule has 0 aliphatic rings. The molecular formula is C12H17N3O. The van der Waals surface area contributed by atoms with Crippen LogP contribution in [0, 0.1) is 6.92 Å². The highest BCUT2D eigenvalue weighted by Gasteiger charge is 2.27. The molecule has 0 spiro atoms. The summed E-state index contributed by atoms with van der Waals surface area (Å²) in [5.41, 5.74) is 2.47. The Hall–Kier alpha value is -1.42. The third kappa shape index (κ3) is 1.69. The van der Waals surface area contributed by atoms with Gasteiger partial charge in [-0.3, -0.25) is 0 Å². The van der Waals surface area contributed by atoms with Crippen molar-refractivity contribution in [1.29, 1.82) is 0 Å². The second-order valence-corrected chi connectivity index (χ2v) is 4.26. The zero-order chi connectivity index (χ0) is 11.8. The van der Waals surface area contributed by atoms with E-state index in [0.717, 1.165) is 29.0 Å². The quantitative estimate of drug-likeness (QED) is 0.863. The van der Waals surface area contributed by atoms with Gasteiger partial charge >= 0.3 is 0 Å². The molecule has 0 fully saturated rings. The lowest BCUT2D eigenvalue weighted by molar-refractivity contribution is -0.00805. The highest BCUT2D eigenvalue weighted by molar-refractivity contribution is 5.71. The maximum absolute atomic E-state index is 5.51. The second-order valence-electron chi connectivity index (χ2n) is 4.26. The number of rotatable bonds is 3. The molecule has 0 aliphatic carbocycles. The summed E-state index contributed by atoms with van der Waals surface area (Å²) in [6.45, 7) is 6.12. The van der Waals surface area contributed by atoms with E-state index in [-0.39, 0.29) is 5.60 Å². The van der Waals surface area contributed by atoms with Crippen molar-refractivity contribution in [1.82, 2.24) is 15.0 Å². The lowest BCUT2D eigenvalue weighted by atomic mass is 10.0. The number of methoxy groups -OCH3 is 1. The van der Waals surface area contributed by atoms with Crippen LogP contribution in [0.15, 0.2) is 12.3 Å². The number of H-pyrrole nitrogens is 1. The number of ether oxygens (including phenoxy) is 1. The zero-order valence-corrected chi connectivity index (χ0v) is 10.2. The van der Waals surface area contributed by atoms with Crippen LogP contribution in [0.5, 0.6) is 0 Å². The first kappa shape index (κ1) is 11.1. The maximum atomic E-state index is 5.51. The van der Waals surface area contributed by atoms with Crippen molar-refractivity contribution in [2.24, 2.45) is 0 Å². The lowest BCUT2D eigenvalue weighted by Gasteiger charge is -2.23. The van der Waals surface area contributed by atoms with Gasteiger partial charge in [0, 0.05) is 13.3 Å². The molecule has 4 nitrogen and oxygen atoms in total. The van der Waals surface area contributed by atoms with Crippen LogP contribution >= 0.6 is 0 Å². The minimum absolute atomic E-state index is 0.366. The third-order valence-electron chi connectivity index (χ3n) is 3.10. The summed E-state index contributed by atoms with van der Waals surface area (Å²) in [5.74, 6) is 0.839. The molecule has 2 rings (SSSR count). The van der Waals surface area contributed by atoms with E-state index in [1.807, 2.05) is 26.1 Å². The topological polar surface area (TPSA) is 50.8 Å². The number of hydrogen-bond acceptors (Lipinski definition) is 3. The molecule has 1 unspecified atom stereocenters. The smallest absolute Gasteiger partial charge is 0.177 e. The summed E-state index contributed by atoms with van der Waals surface area (Å²) < 4.78 is 5.51. The van der Waals surface area contributed by atoms with E-state index in [0.29, 0.717) is 0 Å². The summed E-state index contributed by atoms with van der Waals surface area (Å²) in [6.07, 6.45) is 2.69. The molecule has 4 heteroatoms. The molecule has 0 aliphatic heterocycles. The van der Waals surface area contributed by atoms with Gasteiger partial charge in [0.25, 0.3) is 0 Å². The van der Waals surface area contributed by atoms with Crippen molar-refractivity contribution < 1.29 is 4.74 Å². The van der Waals surface area contributed by atoms with E-state index in [2.05, 4.69) is 21.9 Å². The Kier molecular flexibility index (Phi) is 2.68. The predicted octanol–water partition coefficient (Wildman–Crippen LogP) is 2.54. The molecular weight excluding hydrogens is 202 g/mol. The van der Waals surface area contributed by atoms with Gasteiger partial charge in [0.15, 0.2) is 5.65 Å². The van der Waals surface area contributed by atoms with Crippen molar-refractivity contribution >= 4 is 11.2 Å². The van der Waals surface area contributed by atoms with Gasteiger partial charge in [-0.2, -0.15) is 0 Å². The van der Waals surface area contributed by atoms with Gasteiger partial charge in [-0.15, -0.1) is 0 Å². The number of nitrogens with one attached hydrogen (secondary N) is 1. The van der Waals surface area contributed by atoms with E-state index in [1.54, 1.807) is 7.11 Å². The molecule has 1 atom stereocenters. The highest BCUT2D eigenvalue weighted by Crippen LogP contribution is 2.27. The third-order valence-corrected chi connectivity index (χ3v) is 3.10. The molecule has 0 aromatic carbocycles. The fraction of sp³-hybridized carbons (Fsp3) is 0.500. The molecule has 2 aromatic rings. The molecule has 0 saturated carbocycles. The van der Waals surface area contributed by atoms with Crippen molar-refractivity contribution in [2.45, 2.75) is 32.8 Å². The standard InChI is InChI=1S/C12H17N3O/c1-5-12(3,16-4)11-14-9-6-8(2)7-13-10(9)15-11/h6-7H,5H2,1-4H3,(H,13,14,15). The molecule has 0 bridgehead atoms. The summed E-state index contributed by atoms with van der Waals surface area (Å²) in [4.78, 5) is 12.0. The fourth-order valence-electron chi connectivity index (χ4n) is 1.66. The lowest BCUT2D eigenvalue weighted by Crippen LogP contribution is -2.24. The number of aromatic amines is 1. The van der Waals surface area contributed by atoms with Crippen molar-refractivity contribution in [3.63, 3.8) is 0 Å². The molecule has 2 heterocycles. The van der Waals surface area contributed by atoms with Crippen LogP contribution in [0.3, 0.4) is 0 Å². The monoisotopic (exact) mass is 219 g/mol. The largest absolute Gasteiger partial charge is 0.371 e. The Morgan fingerprint density at radius 3 is 2.88 bits per heavy atom. The van der Waals surface area contributed by atoms with Crippen LogP contribution in [0.25, 0.3) is 11.2 Å². The number of fused-ring (bicyclic) bond motifs is 1. The molecule has 2 aromatic heterocycles. The SMILES string of the molecule is CCC(C)(OC)c1nc2ncc(C)cc2[nH]1. The van der Waals surface area contributed by atoms with E-state index >= 15 is 0 Å². The van der Waals surface area contributed by atoms with Gasteiger partial charge in [-0.1, -0.05) is 6.92 Å². The molecule has 86 valence electrons. The predicted molar refractivity (Wildman–Crippen MR) is 63.3 cm³/mol. The Morgan fingerprint density at radius 2 is 2.25 bits per heavy atom. The van der Waals surface area contributed by atoms with Crippen LogP contribution in [0.1, 0.15) is 31.7 Å². The molecule has 0 amide bonds. The molecule has 16 heavy (non-hydrogen) atoms. The van der Waals surface area contributed by atoms with Gasteiger partial charge in [0.05, 0.1) is 5.52 Å². The first-order valence-electron chi connectivity index (χ1n) is 5.47. The fourth-order valence-corrected chi connectivity index (χ4v) is 1.66. The number of hydrogen-bond donors (Lipinski definition) is 1. The van der Waals surface area contributed by atoms with Crippen molar-refractivity contribution in [3.05, 3.63) is 23.7 Å². The van der Waals surface area contributed by atoms with E-state index < -0.39 is 0 Å². The zero-order valence-electron chi connectivity index (χ0n) is 10.2. The average Bonchev–Trinajstić information content (AvgIpc) is 2.71. The van der Waals surface area contributed by atoms with Crippen molar-refractivity contribution in [2.75, 3.05) is 7.11 Å². The van der Waals surface area contributed by atoms with Gasteiger partial charge in [-0.25, -0.2) is 9.97 Å². The summed E-state index contributed by atoms with van der Waals surface area (Å²) in [5, 5.41) is 0. The number of imidazole rings is 1. The van der Waals surface area contributed by atoms with E-state index in [1.165, 1.54) is 0 Å². The van der Waals surface area contributed by atoms with Crippen LogP contribution in [0.4, 0.5) is 0 Å².